The van der Waals surface area contributed by atoms with Gasteiger partial charge in [0.25, 0.3) is 15.9 Å². The zero-order chi connectivity index (χ0) is 21.7. The summed E-state index contributed by atoms with van der Waals surface area (Å²) < 4.78 is 58.7. The fourth-order valence-corrected chi connectivity index (χ4v) is 3.57. The molecule has 156 valence electrons. The van der Waals surface area contributed by atoms with Crippen LogP contribution in [-0.2, 0) is 14.8 Å². The van der Waals surface area contributed by atoms with E-state index >= 15 is 0 Å². The number of carbonyl (C=O) groups excluding carboxylic acids is 1. The van der Waals surface area contributed by atoms with Gasteiger partial charge in [-0.25, -0.2) is 17.2 Å². The van der Waals surface area contributed by atoms with Crippen molar-refractivity contribution in [2.45, 2.75) is 11.8 Å². The molecule has 3 rings (SSSR count). The van der Waals surface area contributed by atoms with Crippen LogP contribution >= 0.6 is 0 Å². The van der Waals surface area contributed by atoms with Crippen LogP contribution in [0.4, 0.5) is 20.2 Å². The van der Waals surface area contributed by atoms with E-state index in [0.29, 0.717) is 11.3 Å². The van der Waals surface area contributed by atoms with Crippen LogP contribution in [0.2, 0.25) is 0 Å². The van der Waals surface area contributed by atoms with E-state index in [1.807, 2.05) is 0 Å². The molecule has 0 saturated heterocycles. The van der Waals surface area contributed by atoms with Crippen LogP contribution in [0.25, 0.3) is 0 Å². The van der Waals surface area contributed by atoms with E-state index in [-0.39, 0.29) is 22.9 Å². The lowest BCUT2D eigenvalue weighted by molar-refractivity contribution is -0.118. The van der Waals surface area contributed by atoms with Crippen molar-refractivity contribution in [3.05, 3.63) is 83.9 Å². The smallest absolute Gasteiger partial charge is 0.262 e. The monoisotopic (exact) mass is 432 g/mol. The Morgan fingerprint density at radius 2 is 1.57 bits per heavy atom. The lowest BCUT2D eigenvalue weighted by Crippen LogP contribution is -2.20. The van der Waals surface area contributed by atoms with Gasteiger partial charge < -0.3 is 10.1 Å². The third kappa shape index (κ3) is 5.54. The second-order valence-electron chi connectivity index (χ2n) is 6.38. The van der Waals surface area contributed by atoms with E-state index in [2.05, 4.69) is 10.0 Å². The molecule has 3 aromatic rings. The van der Waals surface area contributed by atoms with Crippen molar-refractivity contribution >= 4 is 27.3 Å². The first-order valence-electron chi connectivity index (χ1n) is 8.80. The summed E-state index contributed by atoms with van der Waals surface area (Å²) in [5.74, 6) is -1.15. The number of sulfonamides is 1. The van der Waals surface area contributed by atoms with Crippen LogP contribution in [0.15, 0.2) is 71.6 Å². The van der Waals surface area contributed by atoms with Crippen LogP contribution in [0.3, 0.4) is 0 Å². The molecule has 6 nitrogen and oxygen atoms in total. The Balaban J connectivity index is 1.59. The number of rotatable bonds is 7. The van der Waals surface area contributed by atoms with Crippen LogP contribution < -0.4 is 14.8 Å². The second kappa shape index (κ2) is 8.91. The Morgan fingerprint density at radius 1 is 0.933 bits per heavy atom. The van der Waals surface area contributed by atoms with E-state index in [4.69, 9.17) is 4.74 Å². The molecule has 2 N–H and O–H groups in total. The highest BCUT2D eigenvalue weighted by molar-refractivity contribution is 7.92. The Kier molecular flexibility index (Phi) is 6.31. The number of carbonyl (C=O) groups is 1. The summed E-state index contributed by atoms with van der Waals surface area (Å²) in [4.78, 5) is 12.0. The van der Waals surface area contributed by atoms with E-state index in [1.54, 1.807) is 13.0 Å². The summed E-state index contributed by atoms with van der Waals surface area (Å²) in [5, 5.41) is 2.55. The predicted molar refractivity (Wildman–Crippen MR) is 109 cm³/mol. The molecule has 30 heavy (non-hydrogen) atoms. The van der Waals surface area contributed by atoms with Gasteiger partial charge in [-0.2, -0.15) is 0 Å². The average Bonchev–Trinajstić information content (AvgIpc) is 2.71. The lowest BCUT2D eigenvalue weighted by atomic mass is 10.2. The summed E-state index contributed by atoms with van der Waals surface area (Å²) in [6.07, 6.45) is 0. The molecule has 0 heterocycles. The maximum atomic E-state index is 13.3. The van der Waals surface area contributed by atoms with Crippen molar-refractivity contribution in [3.8, 4) is 5.75 Å². The lowest BCUT2D eigenvalue weighted by Gasteiger charge is -2.11. The minimum Gasteiger partial charge on any atom is -0.484 e. The third-order valence-corrected chi connectivity index (χ3v) is 5.47. The summed E-state index contributed by atoms with van der Waals surface area (Å²) >= 11 is 0. The number of aryl methyl sites for hydroxylation is 1. The van der Waals surface area contributed by atoms with Crippen LogP contribution in [0, 0.1) is 18.6 Å². The van der Waals surface area contributed by atoms with Gasteiger partial charge in [-0.3, -0.25) is 9.52 Å². The van der Waals surface area contributed by atoms with Gasteiger partial charge in [-0.05, 0) is 73.2 Å². The number of anilines is 2. The number of ether oxygens (including phenoxy) is 1. The Labute approximate surface area is 172 Å². The van der Waals surface area contributed by atoms with Crippen LogP contribution in [0.5, 0.6) is 5.75 Å². The number of amides is 1. The van der Waals surface area contributed by atoms with Crippen LogP contribution in [0.1, 0.15) is 5.56 Å². The van der Waals surface area contributed by atoms with Crippen molar-refractivity contribution in [1.82, 2.24) is 0 Å². The topological polar surface area (TPSA) is 84.5 Å². The molecular weight excluding hydrogens is 414 g/mol. The van der Waals surface area contributed by atoms with Crippen molar-refractivity contribution in [1.29, 1.82) is 0 Å². The molecule has 0 spiro atoms. The van der Waals surface area contributed by atoms with E-state index in [0.717, 1.165) is 12.1 Å². The normalized spacial score (nSPS) is 11.0. The molecule has 0 atom stereocenters. The van der Waals surface area contributed by atoms with Crippen molar-refractivity contribution in [2.75, 3.05) is 16.6 Å². The van der Waals surface area contributed by atoms with Crippen molar-refractivity contribution in [3.63, 3.8) is 0 Å². The minimum absolute atomic E-state index is 0.0287. The van der Waals surface area contributed by atoms with Gasteiger partial charge in [-0.1, -0.05) is 6.07 Å². The first-order valence-corrected chi connectivity index (χ1v) is 10.3. The molecule has 0 unspecified atom stereocenters. The largest absolute Gasteiger partial charge is 0.484 e. The summed E-state index contributed by atoms with van der Waals surface area (Å²) in [5.41, 5.74) is 1.27. The number of hydrogen-bond acceptors (Lipinski definition) is 4. The van der Waals surface area contributed by atoms with E-state index in [1.165, 1.54) is 48.5 Å². The summed E-state index contributed by atoms with van der Waals surface area (Å²) in [7, 11) is -3.87. The molecule has 3 aromatic carbocycles. The molecule has 0 bridgehead atoms. The molecule has 1 amide bonds. The van der Waals surface area contributed by atoms with Gasteiger partial charge in [0.15, 0.2) is 6.61 Å². The molecular formula is C21H18F2N2O4S. The number of halogens is 2. The molecule has 0 aliphatic rings. The highest BCUT2D eigenvalue weighted by Gasteiger charge is 2.14. The molecule has 0 fully saturated rings. The standard InChI is InChI=1S/C21H18F2N2O4S/c1-14-2-3-16(23)12-20(14)24-21(26)13-29-18-8-10-19(11-9-18)30(27,28)25-17-6-4-15(22)5-7-17/h2-12,25H,13H2,1H3,(H,24,26). The zero-order valence-corrected chi connectivity index (χ0v) is 16.7. The summed E-state index contributed by atoms with van der Waals surface area (Å²) in [6, 6.07) is 14.4. The fourth-order valence-electron chi connectivity index (χ4n) is 2.51. The molecule has 0 radical (unpaired) electrons. The van der Waals surface area contributed by atoms with Gasteiger partial charge >= 0.3 is 0 Å². The maximum absolute atomic E-state index is 13.3. The first-order chi connectivity index (χ1) is 14.2. The van der Waals surface area contributed by atoms with E-state index in [9.17, 15) is 22.0 Å². The predicted octanol–water partition coefficient (Wildman–Crippen LogP) is 4.09. The Hall–Kier alpha value is -3.46. The maximum Gasteiger partial charge on any atom is 0.262 e. The van der Waals surface area contributed by atoms with Crippen LogP contribution in [-0.4, -0.2) is 20.9 Å². The molecule has 9 heteroatoms. The number of hydrogen-bond donors (Lipinski definition) is 2. The van der Waals surface area contributed by atoms with Gasteiger partial charge in [0.1, 0.15) is 17.4 Å². The minimum atomic E-state index is -3.87. The Morgan fingerprint density at radius 3 is 2.23 bits per heavy atom. The van der Waals surface area contributed by atoms with Crippen molar-refractivity contribution < 1.29 is 26.7 Å². The van der Waals surface area contributed by atoms with Gasteiger partial charge in [0, 0.05) is 11.4 Å². The van der Waals surface area contributed by atoms with Gasteiger partial charge in [0.05, 0.1) is 4.90 Å². The highest BCUT2D eigenvalue weighted by Crippen LogP contribution is 2.20. The average molecular weight is 432 g/mol. The molecule has 0 aliphatic carbocycles. The SMILES string of the molecule is Cc1ccc(F)cc1NC(=O)COc1ccc(S(=O)(=O)Nc2ccc(F)cc2)cc1. The molecule has 0 aliphatic heterocycles. The Bertz CT molecular complexity index is 1150. The second-order valence-corrected chi connectivity index (χ2v) is 8.06. The number of nitrogens with one attached hydrogen (secondary N) is 2. The van der Waals surface area contributed by atoms with Gasteiger partial charge in [-0.15, -0.1) is 0 Å². The zero-order valence-electron chi connectivity index (χ0n) is 15.9. The fraction of sp³-hybridized carbons (Fsp3) is 0.0952. The number of benzene rings is 3. The first kappa shape index (κ1) is 21.3. The highest BCUT2D eigenvalue weighted by atomic mass is 32.2. The third-order valence-electron chi connectivity index (χ3n) is 4.07. The molecule has 0 aromatic heterocycles. The quantitative estimate of drug-likeness (QED) is 0.589. The summed E-state index contributed by atoms with van der Waals surface area (Å²) in [6.45, 7) is 1.39. The molecule has 0 saturated carbocycles. The van der Waals surface area contributed by atoms with E-state index < -0.39 is 27.6 Å². The van der Waals surface area contributed by atoms with Gasteiger partial charge in [0.2, 0.25) is 0 Å². The van der Waals surface area contributed by atoms with Crippen molar-refractivity contribution in [2.24, 2.45) is 0 Å².